The average Bonchev–Trinajstić information content (AvgIpc) is 2.50. The number of amides is 1. The molecular weight excluding hydrogens is 324 g/mol. The van der Waals surface area contributed by atoms with Gasteiger partial charge in [0.15, 0.2) is 6.10 Å². The lowest BCUT2D eigenvalue weighted by Gasteiger charge is -2.45. The van der Waals surface area contributed by atoms with Gasteiger partial charge in [-0.05, 0) is 75.1 Å². The van der Waals surface area contributed by atoms with Crippen LogP contribution in [0.25, 0.3) is 0 Å². The molecule has 1 aromatic rings. The van der Waals surface area contributed by atoms with Gasteiger partial charge < -0.3 is 15.8 Å². The molecule has 2 fully saturated rings. The molecule has 5 heteroatoms. The van der Waals surface area contributed by atoms with Crippen LogP contribution in [0, 0.1) is 18.8 Å². The highest BCUT2D eigenvalue weighted by Gasteiger charge is 2.40. The van der Waals surface area contributed by atoms with Crippen LogP contribution in [-0.2, 0) is 4.79 Å². The maximum atomic E-state index is 12.6. The van der Waals surface area contributed by atoms with Crippen LogP contribution in [0.5, 0.6) is 5.75 Å². The van der Waals surface area contributed by atoms with Crippen molar-refractivity contribution in [2.75, 3.05) is 0 Å². The highest BCUT2D eigenvalue weighted by Crippen LogP contribution is 2.39. The first-order valence-electron chi connectivity index (χ1n) is 8.93. The van der Waals surface area contributed by atoms with E-state index in [-0.39, 0.29) is 11.9 Å². The fraction of sp³-hybridized carbons (Fsp3) is 0.632. The van der Waals surface area contributed by atoms with E-state index in [1.165, 1.54) is 19.3 Å². The van der Waals surface area contributed by atoms with E-state index in [0.29, 0.717) is 28.6 Å². The smallest absolute Gasteiger partial charge is 0.261 e. The molecule has 0 aliphatic heterocycles. The summed E-state index contributed by atoms with van der Waals surface area (Å²) < 4.78 is 5.85. The summed E-state index contributed by atoms with van der Waals surface area (Å²) in [5.74, 6) is 1.69. The van der Waals surface area contributed by atoms with Crippen LogP contribution in [0.1, 0.15) is 44.6 Å². The highest BCUT2D eigenvalue weighted by molar-refractivity contribution is 6.30. The van der Waals surface area contributed by atoms with Crippen LogP contribution in [-0.4, -0.2) is 24.1 Å². The van der Waals surface area contributed by atoms with E-state index in [1.807, 2.05) is 19.1 Å². The van der Waals surface area contributed by atoms with Gasteiger partial charge in [0, 0.05) is 17.1 Å². The van der Waals surface area contributed by atoms with E-state index in [0.717, 1.165) is 18.4 Å². The van der Waals surface area contributed by atoms with Crippen molar-refractivity contribution in [2.45, 2.75) is 64.1 Å². The van der Waals surface area contributed by atoms with Crippen LogP contribution in [0.2, 0.25) is 5.02 Å². The number of fused-ring (bicyclic) bond motifs is 2. The lowest BCUT2D eigenvalue weighted by atomic mass is 9.67. The molecule has 0 heterocycles. The van der Waals surface area contributed by atoms with Gasteiger partial charge in [-0.3, -0.25) is 4.79 Å². The maximum Gasteiger partial charge on any atom is 0.261 e. The summed E-state index contributed by atoms with van der Waals surface area (Å²) in [5.41, 5.74) is 7.09. The second-order valence-electron chi connectivity index (χ2n) is 7.39. The average molecular weight is 351 g/mol. The molecule has 3 N–H and O–H groups in total. The Labute approximate surface area is 149 Å². The molecule has 2 aliphatic carbocycles. The fourth-order valence-electron chi connectivity index (χ4n) is 4.30. The second kappa shape index (κ2) is 7.32. The van der Waals surface area contributed by atoms with E-state index < -0.39 is 6.10 Å². The highest BCUT2D eigenvalue weighted by atomic mass is 35.5. The normalized spacial score (nSPS) is 30.5. The molecule has 3 rings (SSSR count). The van der Waals surface area contributed by atoms with Crippen molar-refractivity contribution in [1.29, 1.82) is 0 Å². The summed E-state index contributed by atoms with van der Waals surface area (Å²) in [6.07, 6.45) is 5.10. The molecule has 24 heavy (non-hydrogen) atoms. The number of ether oxygens (including phenoxy) is 1. The molecule has 3 unspecified atom stereocenters. The number of carbonyl (C=O) groups excluding carboxylic acids is 1. The number of aryl methyl sites for hydroxylation is 1. The topological polar surface area (TPSA) is 64.3 Å². The summed E-state index contributed by atoms with van der Waals surface area (Å²) in [7, 11) is 0. The van der Waals surface area contributed by atoms with Gasteiger partial charge in [-0.1, -0.05) is 18.0 Å². The first-order valence-corrected chi connectivity index (χ1v) is 9.30. The number of benzene rings is 1. The van der Waals surface area contributed by atoms with Crippen LogP contribution in [0.3, 0.4) is 0 Å². The Morgan fingerprint density at radius 3 is 2.62 bits per heavy atom. The SMILES string of the molecule is Cc1cc(Cl)ccc1OC(C)C(=O)NC1C2CCCC1CC(N)C2. The Kier molecular flexibility index (Phi) is 5.36. The van der Waals surface area contributed by atoms with Gasteiger partial charge in [0.1, 0.15) is 5.75 Å². The van der Waals surface area contributed by atoms with E-state index in [9.17, 15) is 4.79 Å². The molecule has 2 bridgehead atoms. The third-order valence-electron chi connectivity index (χ3n) is 5.50. The zero-order chi connectivity index (χ0) is 17.3. The monoisotopic (exact) mass is 350 g/mol. The zero-order valence-corrected chi connectivity index (χ0v) is 15.2. The number of hydrogen-bond donors (Lipinski definition) is 2. The summed E-state index contributed by atoms with van der Waals surface area (Å²) in [5, 5.41) is 3.92. The fourth-order valence-corrected chi connectivity index (χ4v) is 4.52. The van der Waals surface area contributed by atoms with Crippen molar-refractivity contribution < 1.29 is 9.53 Å². The molecule has 0 aromatic heterocycles. The molecule has 0 spiro atoms. The third-order valence-corrected chi connectivity index (χ3v) is 5.73. The van der Waals surface area contributed by atoms with Gasteiger partial charge in [-0.25, -0.2) is 0 Å². The van der Waals surface area contributed by atoms with E-state index in [4.69, 9.17) is 22.1 Å². The van der Waals surface area contributed by atoms with Gasteiger partial charge in [0.25, 0.3) is 5.91 Å². The maximum absolute atomic E-state index is 12.6. The molecule has 2 aliphatic rings. The quantitative estimate of drug-likeness (QED) is 0.874. The second-order valence-corrected chi connectivity index (χ2v) is 7.82. The molecule has 2 saturated carbocycles. The Bertz CT molecular complexity index is 593. The molecule has 1 aromatic carbocycles. The summed E-state index contributed by atoms with van der Waals surface area (Å²) in [4.78, 5) is 12.6. The number of rotatable bonds is 4. The lowest BCUT2D eigenvalue weighted by Crippen LogP contribution is -2.55. The van der Waals surface area contributed by atoms with Crippen molar-refractivity contribution in [3.63, 3.8) is 0 Å². The predicted molar refractivity (Wildman–Crippen MR) is 96.3 cm³/mol. The summed E-state index contributed by atoms with van der Waals surface area (Å²) in [6, 6.07) is 5.98. The van der Waals surface area contributed by atoms with Crippen LogP contribution >= 0.6 is 11.6 Å². The van der Waals surface area contributed by atoms with Gasteiger partial charge in [-0.15, -0.1) is 0 Å². The van der Waals surface area contributed by atoms with E-state index >= 15 is 0 Å². The standard InChI is InChI=1S/C19H27ClN2O2/c1-11-8-15(20)6-7-17(11)24-12(2)19(23)22-18-13-4-3-5-14(18)10-16(21)9-13/h6-8,12-14,16,18H,3-5,9-10,21H2,1-2H3,(H,22,23). The lowest BCUT2D eigenvalue weighted by molar-refractivity contribution is -0.129. The number of nitrogens with two attached hydrogens (primary N) is 1. The van der Waals surface area contributed by atoms with E-state index in [1.54, 1.807) is 13.0 Å². The Morgan fingerprint density at radius 2 is 2.00 bits per heavy atom. The predicted octanol–water partition coefficient (Wildman–Crippen LogP) is 3.44. The Balaban J connectivity index is 1.62. The molecule has 3 atom stereocenters. The number of halogens is 1. The molecule has 1 amide bonds. The van der Waals surface area contributed by atoms with Crippen molar-refractivity contribution in [3.05, 3.63) is 28.8 Å². The molecular formula is C19H27ClN2O2. The van der Waals surface area contributed by atoms with Crippen LogP contribution < -0.4 is 15.8 Å². The van der Waals surface area contributed by atoms with Crippen molar-refractivity contribution in [1.82, 2.24) is 5.32 Å². The van der Waals surface area contributed by atoms with Gasteiger partial charge >= 0.3 is 0 Å². The minimum absolute atomic E-state index is 0.0401. The van der Waals surface area contributed by atoms with Crippen LogP contribution in [0.4, 0.5) is 0 Å². The summed E-state index contributed by atoms with van der Waals surface area (Å²) >= 11 is 5.97. The van der Waals surface area contributed by atoms with E-state index in [2.05, 4.69) is 5.32 Å². The third kappa shape index (κ3) is 3.86. The largest absolute Gasteiger partial charge is 0.481 e. The minimum atomic E-state index is -0.527. The zero-order valence-electron chi connectivity index (χ0n) is 14.4. The first-order chi connectivity index (χ1) is 11.4. The minimum Gasteiger partial charge on any atom is -0.481 e. The molecule has 0 saturated heterocycles. The van der Waals surface area contributed by atoms with Gasteiger partial charge in [0.05, 0.1) is 0 Å². The number of hydrogen-bond acceptors (Lipinski definition) is 3. The van der Waals surface area contributed by atoms with Crippen molar-refractivity contribution in [2.24, 2.45) is 17.6 Å². The first kappa shape index (κ1) is 17.6. The van der Waals surface area contributed by atoms with Gasteiger partial charge in [-0.2, -0.15) is 0 Å². The Hall–Kier alpha value is -1.26. The van der Waals surface area contributed by atoms with Crippen LogP contribution in [0.15, 0.2) is 18.2 Å². The van der Waals surface area contributed by atoms with Gasteiger partial charge in [0.2, 0.25) is 0 Å². The molecule has 4 nitrogen and oxygen atoms in total. The molecule has 132 valence electrons. The number of nitrogens with one attached hydrogen (secondary N) is 1. The van der Waals surface area contributed by atoms with Crippen molar-refractivity contribution in [3.8, 4) is 5.75 Å². The summed E-state index contributed by atoms with van der Waals surface area (Å²) in [6.45, 7) is 3.73. The number of carbonyl (C=O) groups is 1. The van der Waals surface area contributed by atoms with Crippen molar-refractivity contribution >= 4 is 17.5 Å². The molecule has 0 radical (unpaired) electrons. The Morgan fingerprint density at radius 1 is 1.33 bits per heavy atom.